The van der Waals surface area contributed by atoms with Gasteiger partial charge in [0.2, 0.25) is 0 Å². The molecule has 0 aliphatic heterocycles. The third-order valence-corrected chi connectivity index (χ3v) is 10.3. The smallest absolute Gasteiger partial charge is 0.143 e. The van der Waals surface area contributed by atoms with E-state index in [4.69, 9.17) is 8.83 Å². The molecule has 0 fully saturated rings. The van der Waals surface area contributed by atoms with Gasteiger partial charge in [0.1, 0.15) is 22.3 Å². The van der Waals surface area contributed by atoms with Gasteiger partial charge in [0, 0.05) is 27.1 Å². The summed E-state index contributed by atoms with van der Waals surface area (Å²) in [5, 5.41) is 12.2. The summed E-state index contributed by atoms with van der Waals surface area (Å²) in [7, 11) is 0. The first-order chi connectivity index (χ1) is 23.8. The van der Waals surface area contributed by atoms with Crippen molar-refractivity contribution >= 4 is 76.2 Å². The van der Waals surface area contributed by atoms with Gasteiger partial charge < -0.3 is 8.83 Å². The topological polar surface area (TPSA) is 26.3 Å². The monoisotopic (exact) mass is 610 g/mol. The third kappa shape index (κ3) is 3.46. The van der Waals surface area contributed by atoms with Crippen LogP contribution in [0.4, 0.5) is 0 Å². The molecular weight excluding hydrogens is 585 g/mol. The van der Waals surface area contributed by atoms with Crippen LogP contribution in [0.1, 0.15) is 0 Å². The van der Waals surface area contributed by atoms with E-state index >= 15 is 0 Å². The molecule has 0 radical (unpaired) electrons. The predicted molar refractivity (Wildman–Crippen MR) is 201 cm³/mol. The summed E-state index contributed by atoms with van der Waals surface area (Å²) < 4.78 is 12.9. The molecule has 9 aromatic carbocycles. The lowest BCUT2D eigenvalue weighted by atomic mass is 9.86. The minimum Gasteiger partial charge on any atom is -0.456 e. The zero-order valence-electron chi connectivity index (χ0n) is 25.8. The van der Waals surface area contributed by atoms with E-state index in [0.717, 1.165) is 55.0 Å². The van der Waals surface area contributed by atoms with Crippen molar-refractivity contribution in [2.24, 2.45) is 0 Å². The van der Waals surface area contributed by atoms with E-state index < -0.39 is 0 Å². The van der Waals surface area contributed by atoms with Crippen molar-refractivity contribution in [3.63, 3.8) is 0 Å². The molecule has 0 N–H and O–H groups in total. The average Bonchev–Trinajstić information content (AvgIpc) is 3.73. The van der Waals surface area contributed by atoms with Gasteiger partial charge >= 0.3 is 0 Å². The Morgan fingerprint density at radius 2 is 0.792 bits per heavy atom. The van der Waals surface area contributed by atoms with Gasteiger partial charge in [0.15, 0.2) is 0 Å². The summed E-state index contributed by atoms with van der Waals surface area (Å²) in [5.74, 6) is 0. The molecule has 48 heavy (non-hydrogen) atoms. The van der Waals surface area contributed by atoms with Crippen LogP contribution in [0.25, 0.3) is 110 Å². The largest absolute Gasteiger partial charge is 0.456 e. The molecule has 0 aliphatic rings. The van der Waals surface area contributed by atoms with E-state index in [9.17, 15) is 0 Å². The Balaban J connectivity index is 1.19. The van der Waals surface area contributed by atoms with Crippen LogP contribution in [-0.2, 0) is 0 Å². The van der Waals surface area contributed by atoms with Crippen LogP contribution in [0.15, 0.2) is 167 Å². The highest BCUT2D eigenvalue weighted by molar-refractivity contribution is 6.30. The van der Waals surface area contributed by atoms with Crippen molar-refractivity contribution in [2.75, 3.05) is 0 Å². The number of fused-ring (bicyclic) bond motifs is 6. The van der Waals surface area contributed by atoms with Crippen LogP contribution in [0, 0.1) is 0 Å². The molecule has 2 aromatic heterocycles. The van der Waals surface area contributed by atoms with Crippen molar-refractivity contribution in [1.29, 1.82) is 0 Å². The number of hydrogen-bond acceptors (Lipinski definition) is 2. The second-order valence-electron chi connectivity index (χ2n) is 12.8. The molecule has 0 bridgehead atoms. The maximum absolute atomic E-state index is 6.64. The van der Waals surface area contributed by atoms with Crippen molar-refractivity contribution < 1.29 is 8.83 Å². The lowest BCUT2D eigenvalue weighted by Crippen LogP contribution is -1.90. The Hall–Kier alpha value is -6.38. The first-order valence-corrected chi connectivity index (χ1v) is 16.4. The summed E-state index contributed by atoms with van der Waals surface area (Å²) in [6, 6.07) is 56.5. The van der Waals surface area contributed by atoms with E-state index in [0.29, 0.717) is 0 Å². The predicted octanol–water partition coefficient (Wildman–Crippen LogP) is 13.4. The molecular formula is C46H26O2. The highest BCUT2D eigenvalue weighted by atomic mass is 16.3. The van der Waals surface area contributed by atoms with E-state index in [2.05, 4.69) is 152 Å². The summed E-state index contributed by atoms with van der Waals surface area (Å²) >= 11 is 0. The van der Waals surface area contributed by atoms with E-state index in [1.54, 1.807) is 0 Å². The van der Waals surface area contributed by atoms with E-state index in [1.165, 1.54) is 54.6 Å². The van der Waals surface area contributed by atoms with Gasteiger partial charge in [0.05, 0.1) is 0 Å². The van der Waals surface area contributed by atoms with Gasteiger partial charge in [-0.05, 0) is 78.3 Å². The molecule has 11 aromatic rings. The fourth-order valence-corrected chi connectivity index (χ4v) is 8.19. The first-order valence-electron chi connectivity index (χ1n) is 16.4. The number of rotatable bonds is 3. The van der Waals surface area contributed by atoms with Crippen molar-refractivity contribution in [1.82, 2.24) is 0 Å². The lowest BCUT2D eigenvalue weighted by molar-refractivity contribution is 0.669. The maximum Gasteiger partial charge on any atom is 0.143 e. The Bertz CT molecular complexity index is 3050. The molecule has 0 saturated heterocycles. The molecule has 0 atom stereocenters. The van der Waals surface area contributed by atoms with Crippen LogP contribution in [0.5, 0.6) is 0 Å². The number of para-hydroxylation sites is 2. The molecule has 0 amide bonds. The molecule has 0 saturated carbocycles. The summed E-state index contributed by atoms with van der Waals surface area (Å²) in [6.07, 6.45) is 0. The molecule has 2 heteroatoms. The van der Waals surface area contributed by atoms with Gasteiger partial charge in [-0.1, -0.05) is 140 Å². The van der Waals surface area contributed by atoms with Crippen LogP contribution in [0.3, 0.4) is 0 Å². The van der Waals surface area contributed by atoms with Gasteiger partial charge in [0.25, 0.3) is 0 Å². The van der Waals surface area contributed by atoms with Crippen LogP contribution < -0.4 is 0 Å². The lowest BCUT2D eigenvalue weighted by Gasteiger charge is -2.17. The molecule has 222 valence electrons. The SMILES string of the molecule is c1ccc(-c2cccc3c2oc2cccc(-c4ccc5ccc6c(-c7cccc8oc9ccccc9c78)ccc7ccc4c5c76)c23)cc1. The van der Waals surface area contributed by atoms with Gasteiger partial charge in [-0.2, -0.15) is 0 Å². The highest BCUT2D eigenvalue weighted by Gasteiger charge is 2.20. The summed E-state index contributed by atoms with van der Waals surface area (Å²) in [6.45, 7) is 0. The molecule has 0 spiro atoms. The van der Waals surface area contributed by atoms with E-state index in [1.807, 2.05) is 6.07 Å². The van der Waals surface area contributed by atoms with Crippen molar-refractivity contribution in [2.45, 2.75) is 0 Å². The minimum atomic E-state index is 0.902. The third-order valence-electron chi connectivity index (χ3n) is 10.3. The standard InChI is InChI=1S/C46H26O2/c1-2-9-27(10-3-1)30-12-6-15-38-45-34(14-8-18-41(45)48-46(30)38)32-24-20-29-21-25-35-31(23-19-28-22-26-36(32)43(29)42(28)35)33-13-7-17-40-44(33)37-11-4-5-16-39(37)47-40/h1-26H. The summed E-state index contributed by atoms with van der Waals surface area (Å²) in [4.78, 5) is 0. The fraction of sp³-hybridized carbons (Fsp3) is 0. The van der Waals surface area contributed by atoms with E-state index in [-0.39, 0.29) is 0 Å². The first kappa shape index (κ1) is 25.8. The van der Waals surface area contributed by atoms with Crippen LogP contribution in [0.2, 0.25) is 0 Å². The number of hydrogen-bond donors (Lipinski definition) is 0. The van der Waals surface area contributed by atoms with Crippen molar-refractivity contribution in [3.8, 4) is 33.4 Å². The number of benzene rings is 9. The molecule has 0 unspecified atom stereocenters. The van der Waals surface area contributed by atoms with Gasteiger partial charge in [-0.3, -0.25) is 0 Å². The second-order valence-corrected chi connectivity index (χ2v) is 12.8. The minimum absolute atomic E-state index is 0.902. The van der Waals surface area contributed by atoms with Crippen LogP contribution >= 0.6 is 0 Å². The van der Waals surface area contributed by atoms with Crippen molar-refractivity contribution in [3.05, 3.63) is 158 Å². The Morgan fingerprint density at radius 1 is 0.271 bits per heavy atom. The average molecular weight is 611 g/mol. The van der Waals surface area contributed by atoms with Gasteiger partial charge in [-0.15, -0.1) is 0 Å². The normalized spacial score (nSPS) is 12.2. The Morgan fingerprint density at radius 3 is 1.50 bits per heavy atom. The van der Waals surface area contributed by atoms with Crippen LogP contribution in [-0.4, -0.2) is 0 Å². The van der Waals surface area contributed by atoms with Gasteiger partial charge in [-0.25, -0.2) is 0 Å². The summed E-state index contributed by atoms with van der Waals surface area (Å²) in [5.41, 5.74) is 10.7. The molecule has 2 nitrogen and oxygen atoms in total. The zero-order chi connectivity index (χ0) is 31.3. The molecule has 0 aliphatic carbocycles. The Kier molecular flexibility index (Phi) is 5.14. The zero-order valence-corrected chi connectivity index (χ0v) is 25.8. The molecule has 11 rings (SSSR count). The molecule has 2 heterocycles. The number of furan rings is 2. The fourth-order valence-electron chi connectivity index (χ4n) is 8.19. The quantitative estimate of drug-likeness (QED) is 0.186. The maximum atomic E-state index is 6.64. The second kappa shape index (κ2) is 9.57. The Labute approximate surface area is 275 Å². The highest BCUT2D eigenvalue weighted by Crippen LogP contribution is 2.47.